The van der Waals surface area contributed by atoms with Crippen LogP contribution in [0.2, 0.25) is 0 Å². The number of aliphatic hydroxyl groups excluding tert-OH is 1. The van der Waals surface area contributed by atoms with E-state index < -0.39 is 11.9 Å². The predicted molar refractivity (Wildman–Crippen MR) is 200 cm³/mol. The Labute approximate surface area is 307 Å². The average molecular weight is 715 g/mol. The van der Waals surface area contributed by atoms with Crippen molar-refractivity contribution in [2.75, 3.05) is 24.1 Å². The van der Waals surface area contributed by atoms with E-state index in [4.69, 9.17) is 19.9 Å². The van der Waals surface area contributed by atoms with Gasteiger partial charge in [0.15, 0.2) is 6.29 Å². The maximum absolute atomic E-state index is 13.0. The largest absolute Gasteiger partial charge is 0.459 e. The number of carbonyl (C=O) groups is 3. The molecule has 280 valence electrons. The minimum absolute atomic E-state index is 0.0276. The second-order valence-corrected chi connectivity index (χ2v) is 14.8. The first-order valence-corrected chi connectivity index (χ1v) is 18.4. The molecule has 5 rings (SSSR count). The Hall–Kier alpha value is -4.29. The summed E-state index contributed by atoms with van der Waals surface area (Å²) in [5.74, 6) is -0.313. The van der Waals surface area contributed by atoms with Crippen LogP contribution < -0.4 is 16.4 Å². The molecule has 2 fully saturated rings. The summed E-state index contributed by atoms with van der Waals surface area (Å²) >= 11 is 0. The Balaban J connectivity index is 1.12. The van der Waals surface area contributed by atoms with E-state index in [1.54, 1.807) is 12.1 Å². The highest BCUT2D eigenvalue weighted by Crippen LogP contribution is 2.39. The van der Waals surface area contributed by atoms with E-state index in [9.17, 15) is 19.5 Å². The van der Waals surface area contributed by atoms with E-state index in [2.05, 4.69) is 15.5 Å². The fraction of sp³-hybridized carbons (Fsp3) is 0.488. The molecule has 52 heavy (non-hydrogen) atoms. The predicted octanol–water partition coefficient (Wildman–Crippen LogP) is 6.32. The van der Waals surface area contributed by atoms with Crippen molar-refractivity contribution in [2.24, 2.45) is 0 Å². The molecule has 2 heterocycles. The summed E-state index contributed by atoms with van der Waals surface area (Å²) in [6, 6.07) is 22.5. The van der Waals surface area contributed by atoms with Gasteiger partial charge in [-0.15, -0.1) is 0 Å². The van der Waals surface area contributed by atoms with Gasteiger partial charge < -0.3 is 35.7 Å². The topological polar surface area (TPSA) is 152 Å². The van der Waals surface area contributed by atoms with Gasteiger partial charge in [0.2, 0.25) is 11.8 Å². The van der Waals surface area contributed by atoms with Crippen molar-refractivity contribution in [1.29, 1.82) is 0 Å². The van der Waals surface area contributed by atoms with E-state index in [0.29, 0.717) is 56.6 Å². The quantitative estimate of drug-likeness (QED) is 0.0806. The van der Waals surface area contributed by atoms with Crippen molar-refractivity contribution in [3.8, 4) is 0 Å². The van der Waals surface area contributed by atoms with Gasteiger partial charge in [0.05, 0.1) is 30.2 Å². The second-order valence-electron chi connectivity index (χ2n) is 14.8. The number of nitrogens with one attached hydrogen (secondary N) is 2. The van der Waals surface area contributed by atoms with Gasteiger partial charge in [-0.3, -0.25) is 19.3 Å². The number of aliphatic hydroxyl groups is 1. The lowest BCUT2D eigenvalue weighted by Crippen LogP contribution is -2.45. The highest BCUT2D eigenvalue weighted by molar-refractivity contribution is 5.93. The number of carbonyl (C=O) groups excluding carboxylic acids is 3. The molecule has 2 amide bonds. The van der Waals surface area contributed by atoms with E-state index in [0.717, 1.165) is 48.1 Å². The summed E-state index contributed by atoms with van der Waals surface area (Å²) in [5, 5.41) is 15.4. The van der Waals surface area contributed by atoms with E-state index in [-0.39, 0.29) is 42.6 Å². The van der Waals surface area contributed by atoms with Crippen LogP contribution in [0.3, 0.4) is 0 Å². The second kappa shape index (κ2) is 18.5. The molecule has 0 saturated carbocycles. The van der Waals surface area contributed by atoms with Crippen LogP contribution in [0.25, 0.3) is 0 Å². The zero-order valence-corrected chi connectivity index (χ0v) is 30.6. The maximum Gasteiger partial charge on any atom is 0.323 e. The molecule has 0 radical (unpaired) electrons. The van der Waals surface area contributed by atoms with Crippen LogP contribution in [0, 0.1) is 0 Å². The van der Waals surface area contributed by atoms with Gasteiger partial charge in [0.25, 0.3) is 0 Å². The van der Waals surface area contributed by atoms with Gasteiger partial charge >= 0.3 is 5.97 Å². The zero-order valence-electron chi connectivity index (χ0n) is 30.6. The van der Waals surface area contributed by atoms with Crippen molar-refractivity contribution in [1.82, 2.24) is 10.2 Å². The number of anilines is 2. The maximum atomic E-state index is 13.0. The van der Waals surface area contributed by atoms with E-state index >= 15 is 0 Å². The van der Waals surface area contributed by atoms with Gasteiger partial charge in [0, 0.05) is 37.9 Å². The molecule has 3 aromatic rings. The van der Waals surface area contributed by atoms with Crippen molar-refractivity contribution in [3.05, 3.63) is 95.1 Å². The molecule has 2 aliphatic heterocycles. The molecule has 0 spiro atoms. The fourth-order valence-corrected chi connectivity index (χ4v) is 6.63. The summed E-state index contributed by atoms with van der Waals surface area (Å²) in [6.07, 6.45) is 4.16. The summed E-state index contributed by atoms with van der Waals surface area (Å²) in [4.78, 5) is 40.0. The fourth-order valence-electron chi connectivity index (χ4n) is 6.63. The first-order chi connectivity index (χ1) is 25.0. The molecule has 5 N–H and O–H groups in total. The number of nitrogens with two attached hydrogens (primary N) is 1. The van der Waals surface area contributed by atoms with Crippen LogP contribution >= 0.6 is 0 Å². The van der Waals surface area contributed by atoms with Gasteiger partial charge in [-0.05, 0) is 81.8 Å². The molecule has 4 unspecified atom stereocenters. The molecule has 3 aromatic carbocycles. The first kappa shape index (κ1) is 38.9. The number of amides is 2. The highest BCUT2D eigenvalue weighted by Gasteiger charge is 2.39. The Morgan fingerprint density at radius 3 is 2.25 bits per heavy atom. The van der Waals surface area contributed by atoms with Crippen molar-refractivity contribution < 1.29 is 33.7 Å². The third kappa shape index (κ3) is 11.6. The van der Waals surface area contributed by atoms with E-state index in [1.165, 1.54) is 0 Å². The molecule has 11 heteroatoms. The summed E-state index contributed by atoms with van der Waals surface area (Å²) in [5.41, 5.74) is 10.1. The van der Waals surface area contributed by atoms with Crippen LogP contribution in [0.1, 0.15) is 107 Å². The number of nitrogen functional groups attached to an aromatic ring is 1. The molecule has 4 atom stereocenters. The smallest absolute Gasteiger partial charge is 0.323 e. The number of para-hydroxylation sites is 2. The lowest BCUT2D eigenvalue weighted by Gasteiger charge is -2.38. The van der Waals surface area contributed by atoms with Crippen LogP contribution in [-0.2, 0) is 41.7 Å². The van der Waals surface area contributed by atoms with Gasteiger partial charge in [-0.2, -0.15) is 0 Å². The number of esters is 1. The molecule has 0 bridgehead atoms. The van der Waals surface area contributed by atoms with Crippen LogP contribution in [-0.4, -0.2) is 58.6 Å². The molecule has 0 aliphatic carbocycles. The molecular formula is C41H54N4O7. The van der Waals surface area contributed by atoms with Crippen molar-refractivity contribution in [2.45, 2.75) is 115 Å². The lowest BCUT2D eigenvalue weighted by atomic mass is 9.99. The number of ether oxygens (including phenoxy) is 3. The normalized spacial score (nSPS) is 20.7. The minimum atomic E-state index is -0.625. The molecule has 11 nitrogen and oxygen atoms in total. The number of hydrogen-bond acceptors (Lipinski definition) is 9. The third-order valence-corrected chi connectivity index (χ3v) is 9.38. The number of unbranched alkanes of at least 4 members (excludes halogenated alkanes) is 2. The number of nitrogens with zero attached hydrogens (tertiary/aromatic N) is 1. The van der Waals surface area contributed by atoms with Gasteiger partial charge in [0.1, 0.15) is 11.6 Å². The standard InChI is InChI=1S/C41H54N4O7/c1-41(2,3)52-39(49)35-12-9-23-45(35)26-32-24-36(30-19-17-29(27-46)18-20-30)51-40(50-32)31-21-15-28(16-22-31)25-43-37(47)13-5-4-6-14-38(48)44-34-11-8-7-10-33(34)42/h7-8,10-11,15-22,32,35-36,40,46H,4-6,9,12-14,23-27,42H2,1-3H3,(H,43,47)(H,44,48). The van der Waals surface area contributed by atoms with Crippen molar-refractivity contribution >= 4 is 29.2 Å². The summed E-state index contributed by atoms with van der Waals surface area (Å²) in [7, 11) is 0. The molecule has 2 aliphatic rings. The van der Waals surface area contributed by atoms with Crippen LogP contribution in [0.5, 0.6) is 0 Å². The monoisotopic (exact) mass is 714 g/mol. The Morgan fingerprint density at radius 1 is 0.885 bits per heavy atom. The first-order valence-electron chi connectivity index (χ1n) is 18.4. The van der Waals surface area contributed by atoms with Gasteiger partial charge in [-0.25, -0.2) is 0 Å². The van der Waals surface area contributed by atoms with Crippen LogP contribution in [0.4, 0.5) is 11.4 Å². The SMILES string of the molecule is CC(C)(C)OC(=O)C1CCCN1CC1CC(c2ccc(CO)cc2)OC(c2ccc(CNC(=O)CCCCCC(=O)Nc3ccccc3N)cc2)O1. The number of benzene rings is 3. The number of hydrogen-bond donors (Lipinski definition) is 4. The molecular weight excluding hydrogens is 660 g/mol. The number of rotatable bonds is 15. The summed E-state index contributed by atoms with van der Waals surface area (Å²) < 4.78 is 18.8. The number of likely N-dealkylation sites (tertiary alicyclic amines) is 1. The van der Waals surface area contributed by atoms with Gasteiger partial charge in [-0.1, -0.05) is 67.1 Å². The molecule has 2 saturated heterocycles. The Morgan fingerprint density at radius 2 is 1.56 bits per heavy atom. The summed E-state index contributed by atoms with van der Waals surface area (Å²) in [6.45, 7) is 7.42. The average Bonchev–Trinajstić information content (AvgIpc) is 3.59. The highest BCUT2D eigenvalue weighted by atomic mass is 16.7. The van der Waals surface area contributed by atoms with E-state index in [1.807, 2.05) is 81.4 Å². The Bertz CT molecular complexity index is 1620. The lowest BCUT2D eigenvalue weighted by molar-refractivity contribution is -0.253. The van der Waals surface area contributed by atoms with Crippen molar-refractivity contribution in [3.63, 3.8) is 0 Å². The Kier molecular flexibility index (Phi) is 13.8. The zero-order chi connectivity index (χ0) is 37.1. The molecule has 0 aromatic heterocycles. The minimum Gasteiger partial charge on any atom is -0.459 e. The third-order valence-electron chi connectivity index (χ3n) is 9.38. The van der Waals surface area contributed by atoms with Crippen LogP contribution in [0.15, 0.2) is 72.8 Å².